The van der Waals surface area contributed by atoms with Gasteiger partial charge < -0.3 is 15.2 Å². The van der Waals surface area contributed by atoms with E-state index in [2.05, 4.69) is 5.32 Å². The molecule has 5 nitrogen and oxygen atoms in total. The van der Waals surface area contributed by atoms with Crippen LogP contribution in [0, 0.1) is 11.6 Å². The molecule has 0 aromatic heterocycles. The van der Waals surface area contributed by atoms with Crippen molar-refractivity contribution in [3.8, 4) is 0 Å². The van der Waals surface area contributed by atoms with Gasteiger partial charge in [-0.05, 0) is 25.5 Å². The van der Waals surface area contributed by atoms with Gasteiger partial charge >= 0.3 is 5.97 Å². The van der Waals surface area contributed by atoms with Gasteiger partial charge in [-0.2, -0.15) is 0 Å². The molecule has 0 bridgehead atoms. The number of hydrogen-bond acceptors (Lipinski definition) is 3. The number of rotatable bonds is 3. The molecule has 20 heavy (non-hydrogen) atoms. The molecule has 1 atom stereocenters. The Hall–Kier alpha value is -2.02. The van der Waals surface area contributed by atoms with E-state index in [9.17, 15) is 18.4 Å². The minimum atomic E-state index is -1.50. The van der Waals surface area contributed by atoms with Crippen LogP contribution < -0.4 is 5.32 Å². The summed E-state index contributed by atoms with van der Waals surface area (Å²) in [7, 11) is 0. The van der Waals surface area contributed by atoms with Crippen LogP contribution in [0.4, 0.5) is 8.78 Å². The summed E-state index contributed by atoms with van der Waals surface area (Å²) in [6.45, 7) is 2.49. The van der Waals surface area contributed by atoms with Crippen LogP contribution in [0.2, 0.25) is 0 Å². The summed E-state index contributed by atoms with van der Waals surface area (Å²) < 4.78 is 31.4. The van der Waals surface area contributed by atoms with E-state index < -0.39 is 40.2 Å². The van der Waals surface area contributed by atoms with E-state index in [1.165, 1.54) is 0 Å². The third kappa shape index (κ3) is 2.77. The first kappa shape index (κ1) is 14.4. The Morgan fingerprint density at radius 2 is 1.90 bits per heavy atom. The van der Waals surface area contributed by atoms with E-state index >= 15 is 0 Å². The van der Waals surface area contributed by atoms with E-state index in [0.717, 1.165) is 0 Å². The fourth-order valence-corrected chi connectivity index (χ4v) is 2.02. The molecule has 0 spiro atoms. The Kier molecular flexibility index (Phi) is 3.71. The number of halogens is 2. The first-order valence-corrected chi connectivity index (χ1v) is 5.95. The van der Waals surface area contributed by atoms with Gasteiger partial charge in [0.25, 0.3) is 5.91 Å². The molecule has 1 aliphatic rings. The highest BCUT2D eigenvalue weighted by atomic mass is 19.2. The van der Waals surface area contributed by atoms with Crippen LogP contribution >= 0.6 is 0 Å². The summed E-state index contributed by atoms with van der Waals surface area (Å²) in [6, 6.07) is 1.09. The number of carboxylic acids is 1. The Balaban J connectivity index is 2.33. The largest absolute Gasteiger partial charge is 0.478 e. The second-order valence-electron chi connectivity index (χ2n) is 4.93. The van der Waals surface area contributed by atoms with Crippen LogP contribution in [0.5, 0.6) is 0 Å². The lowest BCUT2D eigenvalue weighted by Gasteiger charge is -2.24. The molecule has 2 N–H and O–H groups in total. The molecule has 1 saturated heterocycles. The van der Waals surface area contributed by atoms with Crippen LogP contribution in [0.3, 0.4) is 0 Å². The topological polar surface area (TPSA) is 75.6 Å². The predicted octanol–water partition coefficient (Wildman–Crippen LogP) is 1.57. The molecule has 108 valence electrons. The molecule has 1 unspecified atom stereocenters. The monoisotopic (exact) mass is 285 g/mol. The Morgan fingerprint density at radius 1 is 1.30 bits per heavy atom. The van der Waals surface area contributed by atoms with Gasteiger partial charge in [-0.25, -0.2) is 13.6 Å². The van der Waals surface area contributed by atoms with Crippen molar-refractivity contribution in [2.45, 2.75) is 18.9 Å². The summed E-state index contributed by atoms with van der Waals surface area (Å²) in [5.41, 5.74) is -1.63. The number of benzene rings is 1. The lowest BCUT2D eigenvalue weighted by atomic mass is 9.99. The van der Waals surface area contributed by atoms with E-state index in [-0.39, 0.29) is 6.61 Å². The lowest BCUT2D eigenvalue weighted by molar-refractivity contribution is 0.0688. The fourth-order valence-electron chi connectivity index (χ4n) is 2.02. The van der Waals surface area contributed by atoms with Gasteiger partial charge in [0.05, 0.1) is 23.3 Å². The van der Waals surface area contributed by atoms with Crippen molar-refractivity contribution in [2.75, 3.05) is 13.2 Å². The fraction of sp³-hybridized carbons (Fsp3) is 0.385. The molecule has 1 amide bonds. The minimum Gasteiger partial charge on any atom is -0.478 e. The number of carbonyl (C=O) groups excluding carboxylic acids is 1. The number of nitrogens with one attached hydrogen (secondary N) is 1. The predicted molar refractivity (Wildman–Crippen MR) is 64.6 cm³/mol. The Labute approximate surface area is 113 Å². The van der Waals surface area contributed by atoms with Gasteiger partial charge in [0.2, 0.25) is 0 Å². The van der Waals surface area contributed by atoms with E-state index in [4.69, 9.17) is 9.84 Å². The quantitative estimate of drug-likeness (QED) is 0.884. The van der Waals surface area contributed by atoms with Crippen molar-refractivity contribution in [3.05, 3.63) is 34.9 Å². The third-order valence-electron chi connectivity index (χ3n) is 3.17. The Bertz CT molecular complexity index is 568. The molecule has 1 aromatic carbocycles. The molecule has 2 rings (SSSR count). The SMILES string of the molecule is CC1(NC(=O)c2cc(F)c(F)cc2C(=O)O)CCOC1. The summed E-state index contributed by atoms with van der Waals surface area (Å²) in [5, 5.41) is 11.6. The number of amides is 1. The molecular weight excluding hydrogens is 272 g/mol. The number of aromatic carboxylic acids is 1. The van der Waals surface area contributed by atoms with Crippen molar-refractivity contribution >= 4 is 11.9 Å². The molecule has 7 heteroatoms. The van der Waals surface area contributed by atoms with E-state index in [0.29, 0.717) is 25.2 Å². The third-order valence-corrected chi connectivity index (χ3v) is 3.17. The van der Waals surface area contributed by atoms with Crippen LogP contribution in [0.15, 0.2) is 12.1 Å². The normalized spacial score (nSPS) is 21.8. The van der Waals surface area contributed by atoms with Crippen LogP contribution in [-0.4, -0.2) is 35.7 Å². The molecule has 1 aliphatic heterocycles. The van der Waals surface area contributed by atoms with Gasteiger partial charge in [-0.1, -0.05) is 0 Å². The average molecular weight is 285 g/mol. The molecule has 0 radical (unpaired) electrons. The van der Waals surface area contributed by atoms with Crippen molar-refractivity contribution in [1.29, 1.82) is 0 Å². The molecule has 1 aromatic rings. The molecule has 1 heterocycles. The van der Waals surface area contributed by atoms with Gasteiger partial charge in [0.1, 0.15) is 0 Å². The summed E-state index contributed by atoms with van der Waals surface area (Å²) >= 11 is 0. The second-order valence-corrected chi connectivity index (χ2v) is 4.93. The summed E-state index contributed by atoms with van der Waals surface area (Å²) in [6.07, 6.45) is 0.560. The smallest absolute Gasteiger partial charge is 0.336 e. The maximum Gasteiger partial charge on any atom is 0.336 e. The van der Waals surface area contributed by atoms with E-state index in [1.807, 2.05) is 0 Å². The molecule has 0 saturated carbocycles. The van der Waals surface area contributed by atoms with Gasteiger partial charge in [-0.15, -0.1) is 0 Å². The van der Waals surface area contributed by atoms with Crippen molar-refractivity contribution in [1.82, 2.24) is 5.32 Å². The van der Waals surface area contributed by atoms with Gasteiger partial charge in [0.15, 0.2) is 11.6 Å². The zero-order valence-electron chi connectivity index (χ0n) is 10.7. The first-order chi connectivity index (χ1) is 9.32. The number of carboxylic acid groups (broad SMARTS) is 1. The highest BCUT2D eigenvalue weighted by Gasteiger charge is 2.33. The second kappa shape index (κ2) is 5.16. The summed E-state index contributed by atoms with van der Waals surface area (Å²) in [4.78, 5) is 23.1. The average Bonchev–Trinajstić information content (AvgIpc) is 2.78. The summed E-state index contributed by atoms with van der Waals surface area (Å²) in [5.74, 6) is -4.85. The minimum absolute atomic E-state index is 0.283. The van der Waals surface area contributed by atoms with Crippen molar-refractivity contribution in [3.63, 3.8) is 0 Å². The Morgan fingerprint density at radius 3 is 2.40 bits per heavy atom. The van der Waals surface area contributed by atoms with Crippen molar-refractivity contribution in [2.24, 2.45) is 0 Å². The zero-order valence-corrected chi connectivity index (χ0v) is 10.7. The molecule has 1 fully saturated rings. The molecule has 0 aliphatic carbocycles. The van der Waals surface area contributed by atoms with Gasteiger partial charge in [-0.3, -0.25) is 4.79 Å². The lowest BCUT2D eigenvalue weighted by Crippen LogP contribution is -2.46. The van der Waals surface area contributed by atoms with E-state index in [1.54, 1.807) is 6.92 Å². The van der Waals surface area contributed by atoms with Crippen LogP contribution in [0.25, 0.3) is 0 Å². The number of hydrogen-bond donors (Lipinski definition) is 2. The van der Waals surface area contributed by atoms with Gasteiger partial charge in [0, 0.05) is 6.61 Å². The molecular formula is C13H13F2NO4. The highest BCUT2D eigenvalue weighted by molar-refractivity contribution is 6.05. The van der Waals surface area contributed by atoms with Crippen LogP contribution in [-0.2, 0) is 4.74 Å². The maximum absolute atomic E-state index is 13.2. The van der Waals surface area contributed by atoms with Crippen molar-refractivity contribution < 1.29 is 28.2 Å². The first-order valence-electron chi connectivity index (χ1n) is 5.95. The standard InChI is InChI=1S/C13H13F2NO4/c1-13(2-3-20-6-13)16-11(17)7-4-9(14)10(15)5-8(7)12(18)19/h4-5H,2-3,6H2,1H3,(H,16,17)(H,18,19). The number of carbonyl (C=O) groups is 2. The highest BCUT2D eigenvalue weighted by Crippen LogP contribution is 2.20. The maximum atomic E-state index is 13.2. The zero-order chi connectivity index (χ0) is 14.9. The van der Waals surface area contributed by atoms with Crippen LogP contribution in [0.1, 0.15) is 34.1 Å². The number of ether oxygens (including phenoxy) is 1.